The van der Waals surface area contributed by atoms with Crippen LogP contribution in [0.2, 0.25) is 0 Å². The van der Waals surface area contributed by atoms with E-state index in [-0.39, 0.29) is 5.91 Å². The number of amides is 1. The van der Waals surface area contributed by atoms with E-state index in [2.05, 4.69) is 44.3 Å². The highest BCUT2D eigenvalue weighted by Gasteiger charge is 2.23. The first-order chi connectivity index (χ1) is 14.1. The molecule has 1 aromatic carbocycles. The van der Waals surface area contributed by atoms with Gasteiger partial charge in [-0.3, -0.25) is 9.69 Å². The number of carbonyl (C=O) groups excluding carboxylic acids is 1. The minimum Gasteiger partial charge on any atom is -0.311 e. The molecule has 4 rings (SSSR count). The van der Waals surface area contributed by atoms with Crippen molar-refractivity contribution in [2.75, 3.05) is 18.4 Å². The van der Waals surface area contributed by atoms with E-state index in [0.717, 1.165) is 55.2 Å². The molecule has 3 heterocycles. The number of nitrogens with zero attached hydrogens (tertiary/aromatic N) is 5. The van der Waals surface area contributed by atoms with Crippen LogP contribution < -0.4 is 5.32 Å². The average molecular weight is 390 g/mol. The van der Waals surface area contributed by atoms with E-state index >= 15 is 0 Å². The third-order valence-corrected chi connectivity index (χ3v) is 5.37. The highest BCUT2D eigenvalue weighted by Crippen LogP contribution is 2.26. The summed E-state index contributed by atoms with van der Waals surface area (Å²) in [5.74, 6) is 1.48. The number of hydrogen-bond donors (Lipinski definition) is 1. The van der Waals surface area contributed by atoms with Gasteiger partial charge in [0.15, 0.2) is 5.82 Å². The Morgan fingerprint density at radius 2 is 1.86 bits per heavy atom. The Bertz CT molecular complexity index is 973. The summed E-state index contributed by atoms with van der Waals surface area (Å²) in [7, 11) is 0. The van der Waals surface area contributed by atoms with Crippen molar-refractivity contribution in [1.29, 1.82) is 0 Å². The molecule has 0 atom stereocenters. The van der Waals surface area contributed by atoms with Gasteiger partial charge >= 0.3 is 0 Å². The number of benzene rings is 1. The standard InChI is InChI=1S/C22H26N6O/c1-16-5-3-4-6-20(16)22-23-13-18(14-24-22)15-27-11-8-19(9-12-27)28-21(7-10-25-28)26-17(2)29/h3-7,10,13-14,19H,8-9,11-12,15H2,1-2H3,(H,26,29). The molecule has 3 aromatic rings. The van der Waals surface area contributed by atoms with Gasteiger partial charge in [-0.25, -0.2) is 14.6 Å². The van der Waals surface area contributed by atoms with Gasteiger partial charge in [0.1, 0.15) is 5.82 Å². The van der Waals surface area contributed by atoms with Crippen molar-refractivity contribution < 1.29 is 4.79 Å². The maximum atomic E-state index is 11.4. The first-order valence-electron chi connectivity index (χ1n) is 10.0. The van der Waals surface area contributed by atoms with Crippen LogP contribution in [0.1, 0.15) is 36.9 Å². The highest BCUT2D eigenvalue weighted by atomic mass is 16.1. The summed E-state index contributed by atoms with van der Waals surface area (Å²) in [6.45, 7) is 6.39. The van der Waals surface area contributed by atoms with Crippen molar-refractivity contribution in [3.8, 4) is 11.4 Å². The van der Waals surface area contributed by atoms with Crippen LogP contribution in [0.5, 0.6) is 0 Å². The zero-order valence-corrected chi connectivity index (χ0v) is 16.9. The summed E-state index contributed by atoms with van der Waals surface area (Å²) in [6, 6.07) is 10.3. The quantitative estimate of drug-likeness (QED) is 0.722. The van der Waals surface area contributed by atoms with Crippen molar-refractivity contribution in [3.63, 3.8) is 0 Å². The summed E-state index contributed by atoms with van der Waals surface area (Å²) >= 11 is 0. The summed E-state index contributed by atoms with van der Waals surface area (Å²) in [5, 5.41) is 7.27. The second-order valence-corrected chi connectivity index (χ2v) is 7.58. The first-order valence-corrected chi connectivity index (χ1v) is 10.0. The Kier molecular flexibility index (Phi) is 5.67. The predicted octanol–water partition coefficient (Wildman–Crippen LogP) is 3.44. The second-order valence-electron chi connectivity index (χ2n) is 7.58. The normalized spacial score (nSPS) is 15.4. The fourth-order valence-electron chi connectivity index (χ4n) is 3.86. The summed E-state index contributed by atoms with van der Waals surface area (Å²) in [6.07, 6.45) is 7.60. The number of aryl methyl sites for hydroxylation is 1. The van der Waals surface area contributed by atoms with Crippen LogP contribution in [0.3, 0.4) is 0 Å². The van der Waals surface area contributed by atoms with E-state index in [1.165, 1.54) is 12.5 Å². The van der Waals surface area contributed by atoms with Gasteiger partial charge in [0.2, 0.25) is 5.91 Å². The molecule has 1 aliphatic heterocycles. The molecule has 7 heteroatoms. The first kappa shape index (κ1) is 19.3. The molecule has 0 aliphatic carbocycles. The molecule has 1 fully saturated rings. The highest BCUT2D eigenvalue weighted by molar-refractivity contribution is 5.87. The topological polar surface area (TPSA) is 75.9 Å². The van der Waals surface area contributed by atoms with Crippen molar-refractivity contribution in [3.05, 3.63) is 60.0 Å². The molecule has 29 heavy (non-hydrogen) atoms. The average Bonchev–Trinajstić information content (AvgIpc) is 3.17. The number of aromatic nitrogens is 4. The molecular formula is C22H26N6O. The second kappa shape index (κ2) is 8.53. The van der Waals surface area contributed by atoms with Crippen LogP contribution in [0.15, 0.2) is 48.9 Å². The smallest absolute Gasteiger partial charge is 0.222 e. The number of piperidine rings is 1. The van der Waals surface area contributed by atoms with Gasteiger partial charge < -0.3 is 5.32 Å². The Balaban J connectivity index is 1.35. The minimum absolute atomic E-state index is 0.0710. The molecule has 1 amide bonds. The zero-order chi connectivity index (χ0) is 20.2. The van der Waals surface area contributed by atoms with E-state index < -0.39 is 0 Å². The van der Waals surface area contributed by atoms with Gasteiger partial charge in [0.05, 0.1) is 12.2 Å². The van der Waals surface area contributed by atoms with Gasteiger partial charge in [-0.1, -0.05) is 24.3 Å². The third-order valence-electron chi connectivity index (χ3n) is 5.37. The van der Waals surface area contributed by atoms with Crippen LogP contribution in [0, 0.1) is 6.92 Å². The Labute approximate surface area is 170 Å². The molecule has 7 nitrogen and oxygen atoms in total. The van der Waals surface area contributed by atoms with Crippen LogP contribution >= 0.6 is 0 Å². The molecule has 150 valence electrons. The Morgan fingerprint density at radius 1 is 1.14 bits per heavy atom. The molecular weight excluding hydrogens is 364 g/mol. The number of nitrogens with one attached hydrogen (secondary N) is 1. The van der Waals surface area contributed by atoms with E-state index in [1.54, 1.807) is 6.20 Å². The molecule has 0 saturated carbocycles. The number of rotatable bonds is 5. The SMILES string of the molecule is CC(=O)Nc1ccnn1C1CCN(Cc2cnc(-c3ccccc3C)nc2)CC1. The lowest BCUT2D eigenvalue weighted by atomic mass is 10.0. The van der Waals surface area contributed by atoms with Crippen molar-refractivity contribution in [2.45, 2.75) is 39.3 Å². The third kappa shape index (κ3) is 4.51. The number of hydrogen-bond acceptors (Lipinski definition) is 5. The number of carbonyl (C=O) groups is 1. The molecule has 0 spiro atoms. The Morgan fingerprint density at radius 3 is 2.55 bits per heavy atom. The number of likely N-dealkylation sites (tertiary alicyclic amines) is 1. The van der Waals surface area contributed by atoms with E-state index in [4.69, 9.17) is 0 Å². The van der Waals surface area contributed by atoms with Crippen molar-refractivity contribution in [1.82, 2.24) is 24.6 Å². The van der Waals surface area contributed by atoms with E-state index in [0.29, 0.717) is 6.04 Å². The van der Waals surface area contributed by atoms with Crippen LogP contribution in [0.25, 0.3) is 11.4 Å². The molecule has 1 aliphatic rings. The predicted molar refractivity (Wildman–Crippen MR) is 112 cm³/mol. The summed E-state index contributed by atoms with van der Waals surface area (Å²) < 4.78 is 1.94. The fraction of sp³-hybridized carbons (Fsp3) is 0.364. The monoisotopic (exact) mass is 390 g/mol. The molecule has 2 aromatic heterocycles. The van der Waals surface area contributed by atoms with Gasteiger partial charge in [-0.05, 0) is 25.3 Å². The van der Waals surface area contributed by atoms with Crippen LogP contribution in [-0.4, -0.2) is 43.6 Å². The van der Waals surface area contributed by atoms with Crippen LogP contribution in [0.4, 0.5) is 5.82 Å². The van der Waals surface area contributed by atoms with Gasteiger partial charge in [-0.15, -0.1) is 0 Å². The minimum atomic E-state index is -0.0710. The van der Waals surface area contributed by atoms with Gasteiger partial charge in [0, 0.05) is 56.1 Å². The molecule has 0 bridgehead atoms. The number of anilines is 1. The van der Waals surface area contributed by atoms with Crippen molar-refractivity contribution in [2.24, 2.45) is 0 Å². The molecule has 0 unspecified atom stereocenters. The maximum absolute atomic E-state index is 11.4. The van der Waals surface area contributed by atoms with Gasteiger partial charge in [0.25, 0.3) is 0 Å². The van der Waals surface area contributed by atoms with Crippen molar-refractivity contribution >= 4 is 11.7 Å². The largest absolute Gasteiger partial charge is 0.311 e. The summed E-state index contributed by atoms with van der Waals surface area (Å²) in [5.41, 5.74) is 3.38. The van der Waals surface area contributed by atoms with Gasteiger partial charge in [-0.2, -0.15) is 5.10 Å². The molecule has 1 saturated heterocycles. The van der Waals surface area contributed by atoms with E-state index in [9.17, 15) is 4.79 Å². The lowest BCUT2D eigenvalue weighted by molar-refractivity contribution is -0.114. The Hall–Kier alpha value is -3.06. The lowest BCUT2D eigenvalue weighted by Gasteiger charge is -2.32. The fourth-order valence-corrected chi connectivity index (χ4v) is 3.86. The lowest BCUT2D eigenvalue weighted by Crippen LogP contribution is -2.35. The van der Waals surface area contributed by atoms with Crippen LogP contribution in [-0.2, 0) is 11.3 Å². The summed E-state index contributed by atoms with van der Waals surface area (Å²) in [4.78, 5) is 22.9. The van der Waals surface area contributed by atoms with E-state index in [1.807, 2.05) is 35.3 Å². The molecule has 1 N–H and O–H groups in total. The maximum Gasteiger partial charge on any atom is 0.222 e. The molecule has 0 radical (unpaired) electrons. The zero-order valence-electron chi connectivity index (χ0n) is 16.9.